The third kappa shape index (κ3) is 4.19. The van der Waals surface area contributed by atoms with E-state index in [0.717, 1.165) is 5.39 Å². The number of carbonyl (C=O) groups is 3. The van der Waals surface area contributed by atoms with E-state index < -0.39 is 17.9 Å². The van der Waals surface area contributed by atoms with Gasteiger partial charge in [0.15, 0.2) is 0 Å². The van der Waals surface area contributed by atoms with Crippen LogP contribution >= 0.6 is 0 Å². The van der Waals surface area contributed by atoms with Gasteiger partial charge in [0.2, 0.25) is 0 Å². The number of ether oxygens (including phenoxy) is 2. The SMILES string of the molecule is C=C(C)C(=O)OCCOC(=O)c1ccc2cc(C(=O)O)ccc2c1. The van der Waals surface area contributed by atoms with Crippen LogP contribution in [-0.4, -0.2) is 36.2 Å². The number of hydrogen-bond donors (Lipinski definition) is 1. The van der Waals surface area contributed by atoms with Gasteiger partial charge in [-0.05, 0) is 42.0 Å². The van der Waals surface area contributed by atoms with Gasteiger partial charge in [-0.3, -0.25) is 0 Å². The molecule has 0 aliphatic carbocycles. The zero-order valence-corrected chi connectivity index (χ0v) is 13.1. The molecule has 0 unspecified atom stereocenters. The summed E-state index contributed by atoms with van der Waals surface area (Å²) in [4.78, 5) is 34.1. The largest absolute Gasteiger partial charge is 0.478 e. The number of benzene rings is 2. The molecule has 0 atom stereocenters. The molecule has 6 heteroatoms. The molecule has 0 saturated heterocycles. The van der Waals surface area contributed by atoms with Gasteiger partial charge in [-0.25, -0.2) is 14.4 Å². The normalized spacial score (nSPS) is 10.2. The summed E-state index contributed by atoms with van der Waals surface area (Å²) in [5.74, 6) is -2.10. The highest BCUT2D eigenvalue weighted by atomic mass is 16.6. The number of rotatable bonds is 6. The maximum absolute atomic E-state index is 12.0. The zero-order valence-electron chi connectivity index (χ0n) is 13.1. The highest BCUT2D eigenvalue weighted by Crippen LogP contribution is 2.18. The minimum atomic E-state index is -1.01. The average molecular weight is 328 g/mol. The Labute approximate surface area is 138 Å². The van der Waals surface area contributed by atoms with Crippen LogP contribution in [0.4, 0.5) is 0 Å². The second-order valence-electron chi connectivity index (χ2n) is 5.13. The molecule has 0 amide bonds. The molecule has 0 spiro atoms. The average Bonchev–Trinajstić information content (AvgIpc) is 2.57. The van der Waals surface area contributed by atoms with E-state index in [9.17, 15) is 14.4 Å². The second kappa shape index (κ2) is 7.41. The summed E-state index contributed by atoms with van der Waals surface area (Å²) in [6.07, 6.45) is 0. The first kappa shape index (κ1) is 17.2. The molecule has 124 valence electrons. The lowest BCUT2D eigenvalue weighted by atomic mass is 10.0. The van der Waals surface area contributed by atoms with Crippen LogP contribution in [0, 0.1) is 0 Å². The Hall–Kier alpha value is -3.15. The highest BCUT2D eigenvalue weighted by Gasteiger charge is 2.10. The van der Waals surface area contributed by atoms with Crippen molar-refractivity contribution in [3.63, 3.8) is 0 Å². The van der Waals surface area contributed by atoms with Gasteiger partial charge in [0, 0.05) is 5.57 Å². The fraction of sp³-hybridized carbons (Fsp3) is 0.167. The molecule has 6 nitrogen and oxygen atoms in total. The molecule has 1 N–H and O–H groups in total. The molecule has 0 radical (unpaired) electrons. The molecular formula is C18H16O6. The molecule has 2 rings (SSSR count). The summed E-state index contributed by atoms with van der Waals surface area (Å²) in [7, 11) is 0. The quantitative estimate of drug-likeness (QED) is 0.498. The number of hydrogen-bond acceptors (Lipinski definition) is 5. The predicted octanol–water partition coefficient (Wildman–Crippen LogP) is 2.81. The summed E-state index contributed by atoms with van der Waals surface area (Å²) in [5, 5.41) is 10.4. The van der Waals surface area contributed by atoms with Crippen LogP contribution in [-0.2, 0) is 14.3 Å². The van der Waals surface area contributed by atoms with Crippen LogP contribution < -0.4 is 0 Å². The van der Waals surface area contributed by atoms with E-state index in [1.807, 2.05) is 0 Å². The maximum Gasteiger partial charge on any atom is 0.338 e. The van der Waals surface area contributed by atoms with Crippen LogP contribution in [0.5, 0.6) is 0 Å². The topological polar surface area (TPSA) is 89.9 Å². The fourth-order valence-corrected chi connectivity index (χ4v) is 1.98. The van der Waals surface area contributed by atoms with E-state index in [0.29, 0.717) is 10.9 Å². The van der Waals surface area contributed by atoms with Crippen molar-refractivity contribution in [2.75, 3.05) is 13.2 Å². The number of carbonyl (C=O) groups excluding carboxylic acids is 2. The van der Waals surface area contributed by atoms with Crippen molar-refractivity contribution in [1.82, 2.24) is 0 Å². The minimum Gasteiger partial charge on any atom is -0.478 e. The maximum atomic E-state index is 12.0. The first-order chi connectivity index (χ1) is 11.4. The Balaban J connectivity index is 2.00. The Morgan fingerprint density at radius 3 is 2.08 bits per heavy atom. The van der Waals surface area contributed by atoms with Gasteiger partial charge in [-0.15, -0.1) is 0 Å². The van der Waals surface area contributed by atoms with Crippen LogP contribution in [0.3, 0.4) is 0 Å². The van der Waals surface area contributed by atoms with Crippen molar-refractivity contribution >= 4 is 28.7 Å². The van der Waals surface area contributed by atoms with E-state index in [2.05, 4.69) is 6.58 Å². The summed E-state index contributed by atoms with van der Waals surface area (Å²) in [6.45, 7) is 4.86. The fourth-order valence-electron chi connectivity index (χ4n) is 1.98. The van der Waals surface area contributed by atoms with Crippen LogP contribution in [0.2, 0.25) is 0 Å². The smallest absolute Gasteiger partial charge is 0.338 e. The van der Waals surface area contributed by atoms with Gasteiger partial charge in [0.1, 0.15) is 13.2 Å². The van der Waals surface area contributed by atoms with Crippen molar-refractivity contribution in [1.29, 1.82) is 0 Å². The lowest BCUT2D eigenvalue weighted by Crippen LogP contribution is -2.14. The molecule has 0 aliphatic rings. The summed E-state index contributed by atoms with van der Waals surface area (Å²) < 4.78 is 9.85. The van der Waals surface area contributed by atoms with Crippen molar-refractivity contribution in [2.45, 2.75) is 6.92 Å². The summed E-state index contributed by atoms with van der Waals surface area (Å²) in [5.41, 5.74) is 0.783. The van der Waals surface area contributed by atoms with Crippen molar-refractivity contribution < 1.29 is 29.0 Å². The van der Waals surface area contributed by atoms with E-state index >= 15 is 0 Å². The molecule has 2 aromatic rings. The van der Waals surface area contributed by atoms with E-state index in [1.54, 1.807) is 24.3 Å². The van der Waals surface area contributed by atoms with Crippen LogP contribution in [0.25, 0.3) is 10.8 Å². The van der Waals surface area contributed by atoms with Crippen LogP contribution in [0.1, 0.15) is 27.6 Å². The predicted molar refractivity (Wildman–Crippen MR) is 87.0 cm³/mol. The minimum absolute atomic E-state index is 0.0486. The lowest BCUT2D eigenvalue weighted by Gasteiger charge is -2.07. The Kier molecular flexibility index (Phi) is 5.31. The molecule has 0 saturated carbocycles. The molecular weight excluding hydrogens is 312 g/mol. The van der Waals surface area contributed by atoms with E-state index in [-0.39, 0.29) is 24.4 Å². The van der Waals surface area contributed by atoms with Gasteiger partial charge in [-0.2, -0.15) is 0 Å². The molecule has 0 bridgehead atoms. The number of esters is 2. The number of carboxylic acid groups (broad SMARTS) is 1. The van der Waals surface area contributed by atoms with Crippen LogP contribution in [0.15, 0.2) is 48.6 Å². The Morgan fingerprint density at radius 2 is 1.50 bits per heavy atom. The first-order valence-electron chi connectivity index (χ1n) is 7.15. The Morgan fingerprint density at radius 1 is 0.958 bits per heavy atom. The van der Waals surface area contributed by atoms with Gasteiger partial charge in [-0.1, -0.05) is 18.7 Å². The highest BCUT2D eigenvalue weighted by molar-refractivity contribution is 5.98. The monoisotopic (exact) mass is 328 g/mol. The van der Waals surface area contributed by atoms with Gasteiger partial charge in [0.05, 0.1) is 11.1 Å². The molecule has 2 aromatic carbocycles. The van der Waals surface area contributed by atoms with Gasteiger partial charge >= 0.3 is 17.9 Å². The van der Waals surface area contributed by atoms with Crippen molar-refractivity contribution in [3.05, 3.63) is 59.7 Å². The molecule has 0 fully saturated rings. The summed E-state index contributed by atoms with van der Waals surface area (Å²) >= 11 is 0. The zero-order chi connectivity index (χ0) is 17.7. The van der Waals surface area contributed by atoms with Crippen molar-refractivity contribution in [3.8, 4) is 0 Å². The molecule has 0 heterocycles. The number of carboxylic acids is 1. The van der Waals surface area contributed by atoms with Gasteiger partial charge < -0.3 is 14.6 Å². The van der Waals surface area contributed by atoms with E-state index in [1.165, 1.54) is 19.1 Å². The second-order valence-corrected chi connectivity index (χ2v) is 5.13. The third-order valence-corrected chi connectivity index (χ3v) is 3.22. The molecule has 0 aromatic heterocycles. The lowest BCUT2D eigenvalue weighted by molar-refractivity contribution is -0.140. The van der Waals surface area contributed by atoms with Gasteiger partial charge in [0.25, 0.3) is 0 Å². The molecule has 24 heavy (non-hydrogen) atoms. The Bertz CT molecular complexity index is 821. The van der Waals surface area contributed by atoms with Crippen molar-refractivity contribution in [2.24, 2.45) is 0 Å². The summed E-state index contributed by atoms with van der Waals surface area (Å²) in [6, 6.07) is 9.45. The molecule has 0 aliphatic heterocycles. The van der Waals surface area contributed by atoms with E-state index in [4.69, 9.17) is 14.6 Å². The third-order valence-electron chi connectivity index (χ3n) is 3.22. The standard InChI is InChI=1S/C18H16O6/c1-11(2)17(21)23-7-8-24-18(22)15-6-4-12-9-14(16(19)20)5-3-13(12)10-15/h3-6,9-10H,1,7-8H2,2H3,(H,19,20). The number of fused-ring (bicyclic) bond motifs is 1. The first-order valence-corrected chi connectivity index (χ1v) is 7.15. The number of aromatic carboxylic acids is 1.